The second-order valence-corrected chi connectivity index (χ2v) is 7.63. The summed E-state index contributed by atoms with van der Waals surface area (Å²) in [6.07, 6.45) is 1.13. The summed E-state index contributed by atoms with van der Waals surface area (Å²) in [7, 11) is -3.25. The Labute approximate surface area is 121 Å². The number of amides is 1. The lowest BCUT2D eigenvalue weighted by atomic mass is 10.2. The quantitative estimate of drug-likeness (QED) is 0.944. The Morgan fingerprint density at radius 1 is 1.20 bits per heavy atom. The first-order valence-electron chi connectivity index (χ1n) is 5.83. The summed E-state index contributed by atoms with van der Waals surface area (Å²) >= 11 is 1.41. The third kappa shape index (κ3) is 3.23. The van der Waals surface area contributed by atoms with E-state index in [4.69, 9.17) is 0 Å². The van der Waals surface area contributed by atoms with Crippen LogP contribution in [0.15, 0.2) is 29.2 Å². The van der Waals surface area contributed by atoms with Crippen LogP contribution < -0.4 is 5.32 Å². The van der Waals surface area contributed by atoms with Gasteiger partial charge in [0.05, 0.1) is 10.6 Å². The molecule has 2 aromatic rings. The number of anilines is 1. The van der Waals surface area contributed by atoms with Crippen LogP contribution in [0, 0.1) is 13.8 Å². The summed E-state index contributed by atoms with van der Waals surface area (Å²) in [4.78, 5) is 17.5. The molecule has 0 saturated heterocycles. The molecule has 1 amide bonds. The van der Waals surface area contributed by atoms with Gasteiger partial charge in [0.25, 0.3) is 5.91 Å². The number of aromatic nitrogens is 1. The molecule has 0 saturated carbocycles. The zero-order chi connectivity index (χ0) is 14.9. The molecule has 1 aromatic carbocycles. The second-order valence-electron chi connectivity index (χ2n) is 4.41. The van der Waals surface area contributed by atoms with E-state index in [-0.39, 0.29) is 10.8 Å². The van der Waals surface area contributed by atoms with Crippen LogP contribution in [-0.4, -0.2) is 25.6 Å². The average molecular weight is 310 g/mol. The van der Waals surface area contributed by atoms with Crippen LogP contribution in [0.5, 0.6) is 0 Å². The molecule has 1 N–H and O–H groups in total. The Bertz CT molecular complexity index is 727. The van der Waals surface area contributed by atoms with Gasteiger partial charge in [0, 0.05) is 16.7 Å². The van der Waals surface area contributed by atoms with Crippen LogP contribution in [-0.2, 0) is 9.84 Å². The highest BCUT2D eigenvalue weighted by atomic mass is 32.2. The molecular weight excluding hydrogens is 296 g/mol. The van der Waals surface area contributed by atoms with Crippen molar-refractivity contribution in [3.63, 3.8) is 0 Å². The summed E-state index contributed by atoms with van der Waals surface area (Å²) in [5.74, 6) is -0.307. The molecule has 0 fully saturated rings. The average Bonchev–Trinajstić information content (AvgIpc) is 2.67. The first kappa shape index (κ1) is 14.7. The van der Waals surface area contributed by atoms with Crippen LogP contribution in [0.2, 0.25) is 0 Å². The number of carbonyl (C=O) groups is 1. The third-order valence-electron chi connectivity index (χ3n) is 2.79. The van der Waals surface area contributed by atoms with Gasteiger partial charge in [-0.2, -0.15) is 0 Å². The van der Waals surface area contributed by atoms with Gasteiger partial charge in [0.2, 0.25) is 0 Å². The van der Waals surface area contributed by atoms with E-state index in [9.17, 15) is 13.2 Å². The van der Waals surface area contributed by atoms with Crippen molar-refractivity contribution in [2.45, 2.75) is 18.7 Å². The van der Waals surface area contributed by atoms with Crippen molar-refractivity contribution in [3.8, 4) is 0 Å². The predicted octanol–water partition coefficient (Wildman–Crippen LogP) is 2.42. The number of nitrogens with one attached hydrogen (secondary N) is 1. The van der Waals surface area contributed by atoms with Crippen LogP contribution >= 0.6 is 11.3 Å². The van der Waals surface area contributed by atoms with Crippen LogP contribution in [0.3, 0.4) is 0 Å². The van der Waals surface area contributed by atoms with Crippen molar-refractivity contribution in [1.82, 2.24) is 4.98 Å². The Balaban J connectivity index is 2.17. The lowest BCUT2D eigenvalue weighted by Crippen LogP contribution is -2.11. The third-order valence-corrected chi connectivity index (χ3v) is 4.91. The van der Waals surface area contributed by atoms with Crippen molar-refractivity contribution in [2.24, 2.45) is 0 Å². The fourth-order valence-corrected chi connectivity index (χ4v) is 2.99. The van der Waals surface area contributed by atoms with Crippen LogP contribution in [0.1, 0.15) is 20.9 Å². The van der Waals surface area contributed by atoms with E-state index in [0.29, 0.717) is 10.7 Å². The summed E-state index contributed by atoms with van der Waals surface area (Å²) < 4.78 is 22.7. The molecular formula is C13H14N2O3S2. The Morgan fingerprint density at radius 2 is 1.80 bits per heavy atom. The second kappa shape index (κ2) is 5.34. The molecule has 1 heterocycles. The zero-order valence-electron chi connectivity index (χ0n) is 11.3. The Morgan fingerprint density at radius 3 is 2.25 bits per heavy atom. The molecule has 7 heteroatoms. The first-order valence-corrected chi connectivity index (χ1v) is 8.53. The standard InChI is InChI=1S/C13H14N2O3S2/c1-8-9(2)19-13(14-8)15-12(16)10-4-6-11(7-5-10)20(3,17)18/h4-7H,1-3H3,(H,14,15,16). The maximum absolute atomic E-state index is 12.0. The zero-order valence-corrected chi connectivity index (χ0v) is 12.9. The van der Waals surface area contributed by atoms with E-state index in [1.54, 1.807) is 0 Å². The van der Waals surface area contributed by atoms with Gasteiger partial charge in [-0.25, -0.2) is 13.4 Å². The smallest absolute Gasteiger partial charge is 0.257 e. The monoisotopic (exact) mass is 310 g/mol. The maximum Gasteiger partial charge on any atom is 0.257 e. The molecule has 0 spiro atoms. The molecule has 0 bridgehead atoms. The molecule has 0 aliphatic rings. The van der Waals surface area contributed by atoms with E-state index in [2.05, 4.69) is 10.3 Å². The van der Waals surface area contributed by atoms with Gasteiger partial charge in [-0.3, -0.25) is 10.1 Å². The number of sulfone groups is 1. The molecule has 5 nitrogen and oxygen atoms in total. The van der Waals surface area contributed by atoms with E-state index >= 15 is 0 Å². The number of thiazole rings is 1. The van der Waals surface area contributed by atoms with E-state index in [1.807, 2.05) is 13.8 Å². The first-order chi connectivity index (χ1) is 9.27. The minimum Gasteiger partial charge on any atom is -0.298 e. The molecule has 0 radical (unpaired) electrons. The van der Waals surface area contributed by atoms with Crippen molar-refractivity contribution in [3.05, 3.63) is 40.4 Å². The molecule has 2 rings (SSSR count). The fraction of sp³-hybridized carbons (Fsp3) is 0.231. The lowest BCUT2D eigenvalue weighted by molar-refractivity contribution is 0.102. The summed E-state index contributed by atoms with van der Waals surface area (Å²) in [5.41, 5.74) is 1.28. The number of nitrogens with zero attached hydrogens (tertiary/aromatic N) is 1. The normalized spacial score (nSPS) is 11.3. The SMILES string of the molecule is Cc1nc(NC(=O)c2ccc(S(C)(=O)=O)cc2)sc1C. The van der Waals surface area contributed by atoms with Gasteiger partial charge in [-0.1, -0.05) is 0 Å². The minimum absolute atomic E-state index is 0.190. The molecule has 0 unspecified atom stereocenters. The van der Waals surface area contributed by atoms with Crippen molar-refractivity contribution < 1.29 is 13.2 Å². The van der Waals surface area contributed by atoms with Gasteiger partial charge in [-0.05, 0) is 38.1 Å². The topological polar surface area (TPSA) is 76.1 Å². The highest BCUT2D eigenvalue weighted by Crippen LogP contribution is 2.21. The summed E-state index contributed by atoms with van der Waals surface area (Å²) in [6, 6.07) is 5.81. The maximum atomic E-state index is 12.0. The Hall–Kier alpha value is -1.73. The van der Waals surface area contributed by atoms with E-state index in [0.717, 1.165) is 16.8 Å². The van der Waals surface area contributed by atoms with Gasteiger partial charge < -0.3 is 0 Å². The highest BCUT2D eigenvalue weighted by Gasteiger charge is 2.12. The van der Waals surface area contributed by atoms with Crippen molar-refractivity contribution >= 4 is 32.2 Å². The Kier molecular flexibility index (Phi) is 3.92. The highest BCUT2D eigenvalue weighted by molar-refractivity contribution is 7.90. The summed E-state index contributed by atoms with van der Waals surface area (Å²) in [6.45, 7) is 3.81. The largest absolute Gasteiger partial charge is 0.298 e. The van der Waals surface area contributed by atoms with Gasteiger partial charge in [0.1, 0.15) is 0 Å². The fourth-order valence-electron chi connectivity index (χ4n) is 1.55. The van der Waals surface area contributed by atoms with Crippen molar-refractivity contribution in [1.29, 1.82) is 0 Å². The number of hydrogen-bond donors (Lipinski definition) is 1. The van der Waals surface area contributed by atoms with Gasteiger partial charge >= 0.3 is 0 Å². The predicted molar refractivity (Wildman–Crippen MR) is 79.1 cm³/mol. The van der Waals surface area contributed by atoms with Crippen LogP contribution in [0.25, 0.3) is 0 Å². The number of carbonyl (C=O) groups excluding carboxylic acids is 1. The van der Waals surface area contributed by atoms with Crippen molar-refractivity contribution in [2.75, 3.05) is 11.6 Å². The molecule has 106 valence electrons. The molecule has 0 atom stereocenters. The summed E-state index contributed by atoms with van der Waals surface area (Å²) in [5, 5.41) is 3.24. The molecule has 0 aliphatic carbocycles. The number of rotatable bonds is 3. The number of aryl methyl sites for hydroxylation is 2. The minimum atomic E-state index is -3.25. The molecule has 1 aromatic heterocycles. The number of hydrogen-bond acceptors (Lipinski definition) is 5. The van der Waals surface area contributed by atoms with E-state index in [1.165, 1.54) is 35.6 Å². The molecule has 0 aliphatic heterocycles. The van der Waals surface area contributed by atoms with Gasteiger partial charge in [0.15, 0.2) is 15.0 Å². The number of benzene rings is 1. The lowest BCUT2D eigenvalue weighted by Gasteiger charge is -2.03. The van der Waals surface area contributed by atoms with Gasteiger partial charge in [-0.15, -0.1) is 11.3 Å². The van der Waals surface area contributed by atoms with Crippen LogP contribution in [0.4, 0.5) is 5.13 Å². The van der Waals surface area contributed by atoms with E-state index < -0.39 is 9.84 Å². The molecule has 20 heavy (non-hydrogen) atoms.